The summed E-state index contributed by atoms with van der Waals surface area (Å²) in [4.78, 5) is 2.37. The lowest BCUT2D eigenvalue weighted by atomic mass is 10.2. The third kappa shape index (κ3) is 3.41. The van der Waals surface area contributed by atoms with E-state index < -0.39 is 0 Å². The summed E-state index contributed by atoms with van der Waals surface area (Å²) < 4.78 is 13.0. The van der Waals surface area contributed by atoms with Crippen molar-refractivity contribution in [3.05, 3.63) is 34.6 Å². The van der Waals surface area contributed by atoms with Crippen LogP contribution in [0.3, 0.4) is 0 Å². The van der Waals surface area contributed by atoms with Crippen LogP contribution >= 0.6 is 11.6 Å². The molecule has 1 aliphatic heterocycles. The SMILES string of the molecule is CCNC1CCN(Cc2ccc(F)c(Cl)c2)C1. The second-order valence-electron chi connectivity index (χ2n) is 4.53. The normalized spacial score (nSPS) is 21.0. The summed E-state index contributed by atoms with van der Waals surface area (Å²) >= 11 is 5.77. The summed E-state index contributed by atoms with van der Waals surface area (Å²) in [5.74, 6) is -0.345. The topological polar surface area (TPSA) is 15.3 Å². The van der Waals surface area contributed by atoms with Crippen LogP contribution in [-0.4, -0.2) is 30.6 Å². The Bertz CT molecular complexity index is 384. The van der Waals surface area contributed by atoms with Crippen molar-refractivity contribution in [2.45, 2.75) is 25.9 Å². The molecule has 0 aromatic heterocycles. The summed E-state index contributed by atoms with van der Waals surface area (Å²) in [6.45, 7) is 6.14. The first-order valence-corrected chi connectivity index (χ1v) is 6.46. The first-order chi connectivity index (χ1) is 8.19. The van der Waals surface area contributed by atoms with E-state index >= 15 is 0 Å². The Morgan fingerprint density at radius 2 is 2.35 bits per heavy atom. The molecule has 1 aliphatic rings. The molecule has 0 bridgehead atoms. The van der Waals surface area contributed by atoms with Crippen molar-refractivity contribution >= 4 is 11.6 Å². The van der Waals surface area contributed by atoms with Crippen LogP contribution < -0.4 is 5.32 Å². The van der Waals surface area contributed by atoms with Crippen molar-refractivity contribution in [1.82, 2.24) is 10.2 Å². The molecule has 0 aliphatic carbocycles. The van der Waals surface area contributed by atoms with Gasteiger partial charge in [-0.3, -0.25) is 4.90 Å². The molecule has 1 fully saturated rings. The lowest BCUT2D eigenvalue weighted by Crippen LogP contribution is -2.32. The Labute approximate surface area is 107 Å². The van der Waals surface area contributed by atoms with E-state index in [4.69, 9.17) is 11.6 Å². The van der Waals surface area contributed by atoms with Gasteiger partial charge in [-0.05, 0) is 30.7 Å². The number of hydrogen-bond donors (Lipinski definition) is 1. The van der Waals surface area contributed by atoms with E-state index in [1.165, 1.54) is 12.5 Å². The van der Waals surface area contributed by atoms with Crippen LogP contribution in [0.4, 0.5) is 4.39 Å². The fraction of sp³-hybridized carbons (Fsp3) is 0.538. The minimum absolute atomic E-state index is 0.213. The molecule has 2 nitrogen and oxygen atoms in total. The number of likely N-dealkylation sites (tertiary alicyclic amines) is 1. The van der Waals surface area contributed by atoms with Gasteiger partial charge in [-0.25, -0.2) is 4.39 Å². The van der Waals surface area contributed by atoms with Crippen LogP contribution in [0.25, 0.3) is 0 Å². The highest BCUT2D eigenvalue weighted by atomic mass is 35.5. The first-order valence-electron chi connectivity index (χ1n) is 6.08. The molecular weight excluding hydrogens is 239 g/mol. The van der Waals surface area contributed by atoms with E-state index in [1.807, 2.05) is 6.07 Å². The molecule has 1 saturated heterocycles. The zero-order valence-corrected chi connectivity index (χ0v) is 10.8. The van der Waals surface area contributed by atoms with Gasteiger partial charge >= 0.3 is 0 Å². The second kappa shape index (κ2) is 5.80. The van der Waals surface area contributed by atoms with Crippen LogP contribution in [0.5, 0.6) is 0 Å². The van der Waals surface area contributed by atoms with Crippen molar-refractivity contribution in [2.24, 2.45) is 0 Å². The van der Waals surface area contributed by atoms with Crippen LogP contribution in [0, 0.1) is 5.82 Å². The van der Waals surface area contributed by atoms with E-state index in [1.54, 1.807) is 6.07 Å². The fourth-order valence-electron chi connectivity index (χ4n) is 2.33. The number of hydrogen-bond acceptors (Lipinski definition) is 2. The Morgan fingerprint density at radius 3 is 3.06 bits per heavy atom. The highest BCUT2D eigenvalue weighted by molar-refractivity contribution is 6.30. The summed E-state index contributed by atoms with van der Waals surface area (Å²) in [6.07, 6.45) is 1.18. The molecule has 4 heteroatoms. The Morgan fingerprint density at radius 1 is 1.53 bits per heavy atom. The molecule has 94 valence electrons. The Hall–Kier alpha value is -0.640. The van der Waals surface area contributed by atoms with Gasteiger partial charge in [-0.15, -0.1) is 0 Å². The number of benzene rings is 1. The number of rotatable bonds is 4. The molecule has 1 heterocycles. The van der Waals surface area contributed by atoms with Crippen molar-refractivity contribution < 1.29 is 4.39 Å². The first kappa shape index (κ1) is 12.8. The second-order valence-corrected chi connectivity index (χ2v) is 4.93. The molecule has 1 unspecified atom stereocenters. The quantitative estimate of drug-likeness (QED) is 0.891. The maximum atomic E-state index is 13.0. The lowest BCUT2D eigenvalue weighted by molar-refractivity contribution is 0.321. The smallest absolute Gasteiger partial charge is 0.141 e. The van der Waals surface area contributed by atoms with Crippen LogP contribution in [0.1, 0.15) is 18.9 Å². The van der Waals surface area contributed by atoms with Crippen LogP contribution in [-0.2, 0) is 6.54 Å². The molecule has 1 atom stereocenters. The Balaban J connectivity index is 1.91. The highest BCUT2D eigenvalue weighted by Crippen LogP contribution is 2.19. The van der Waals surface area contributed by atoms with Gasteiger partial charge < -0.3 is 5.32 Å². The molecular formula is C13H18ClFN2. The van der Waals surface area contributed by atoms with Crippen molar-refractivity contribution in [1.29, 1.82) is 0 Å². The predicted molar refractivity (Wildman–Crippen MR) is 68.8 cm³/mol. The molecule has 2 rings (SSSR count). The average molecular weight is 257 g/mol. The molecule has 0 radical (unpaired) electrons. The molecule has 17 heavy (non-hydrogen) atoms. The predicted octanol–water partition coefficient (Wildman–Crippen LogP) is 2.66. The minimum Gasteiger partial charge on any atom is -0.313 e. The van der Waals surface area contributed by atoms with E-state index in [0.29, 0.717) is 6.04 Å². The fourth-order valence-corrected chi connectivity index (χ4v) is 2.53. The molecule has 0 saturated carbocycles. The summed E-state index contributed by atoms with van der Waals surface area (Å²) in [5.41, 5.74) is 1.08. The maximum absolute atomic E-state index is 13.0. The number of nitrogens with zero attached hydrogens (tertiary/aromatic N) is 1. The van der Waals surface area contributed by atoms with Gasteiger partial charge in [0.15, 0.2) is 0 Å². The van der Waals surface area contributed by atoms with Gasteiger partial charge in [0.2, 0.25) is 0 Å². The van der Waals surface area contributed by atoms with Gasteiger partial charge in [0.1, 0.15) is 5.82 Å². The van der Waals surface area contributed by atoms with E-state index in [2.05, 4.69) is 17.1 Å². The zero-order valence-electron chi connectivity index (χ0n) is 10.0. The molecule has 0 spiro atoms. The van der Waals surface area contributed by atoms with Crippen LogP contribution in [0.15, 0.2) is 18.2 Å². The monoisotopic (exact) mass is 256 g/mol. The zero-order chi connectivity index (χ0) is 12.3. The Kier molecular flexibility index (Phi) is 4.37. The van der Waals surface area contributed by atoms with Crippen molar-refractivity contribution in [2.75, 3.05) is 19.6 Å². The number of nitrogens with one attached hydrogen (secondary N) is 1. The van der Waals surface area contributed by atoms with Gasteiger partial charge in [0.25, 0.3) is 0 Å². The number of halogens is 2. The third-order valence-electron chi connectivity index (χ3n) is 3.16. The molecule has 0 amide bonds. The van der Waals surface area contributed by atoms with Gasteiger partial charge in [-0.2, -0.15) is 0 Å². The average Bonchev–Trinajstić information content (AvgIpc) is 2.72. The number of likely N-dealkylation sites (N-methyl/N-ethyl adjacent to an activating group) is 1. The molecule has 1 N–H and O–H groups in total. The summed E-state index contributed by atoms with van der Waals surface area (Å²) in [6, 6.07) is 5.56. The largest absolute Gasteiger partial charge is 0.313 e. The van der Waals surface area contributed by atoms with E-state index in [9.17, 15) is 4.39 Å². The maximum Gasteiger partial charge on any atom is 0.141 e. The summed E-state index contributed by atoms with van der Waals surface area (Å²) in [7, 11) is 0. The van der Waals surface area contributed by atoms with Gasteiger partial charge in [-0.1, -0.05) is 24.6 Å². The van der Waals surface area contributed by atoms with E-state index in [0.717, 1.165) is 31.7 Å². The van der Waals surface area contributed by atoms with E-state index in [-0.39, 0.29) is 10.8 Å². The minimum atomic E-state index is -0.345. The molecule has 1 aromatic rings. The summed E-state index contributed by atoms with van der Waals surface area (Å²) in [5, 5.41) is 3.67. The lowest BCUT2D eigenvalue weighted by Gasteiger charge is -2.16. The van der Waals surface area contributed by atoms with Gasteiger partial charge in [0.05, 0.1) is 5.02 Å². The highest BCUT2D eigenvalue weighted by Gasteiger charge is 2.21. The third-order valence-corrected chi connectivity index (χ3v) is 3.45. The van der Waals surface area contributed by atoms with Gasteiger partial charge in [0, 0.05) is 25.7 Å². The van der Waals surface area contributed by atoms with Crippen molar-refractivity contribution in [3.8, 4) is 0 Å². The standard InChI is InChI=1S/C13H18ClFN2/c1-2-16-11-5-6-17(9-11)8-10-3-4-13(15)12(14)7-10/h3-4,7,11,16H,2,5-6,8-9H2,1H3. The van der Waals surface area contributed by atoms with Crippen molar-refractivity contribution in [3.63, 3.8) is 0 Å². The van der Waals surface area contributed by atoms with Crippen LogP contribution in [0.2, 0.25) is 5.02 Å². The molecule has 1 aromatic carbocycles.